The number of sulfonamides is 1. The average Bonchev–Trinajstić information content (AvgIpc) is 2.59. The Morgan fingerprint density at radius 3 is 2.21 bits per heavy atom. The smallest absolute Gasteiger partial charge is 0.241 e. The summed E-state index contributed by atoms with van der Waals surface area (Å²) in [7, 11) is -2.11. The van der Waals surface area contributed by atoms with Crippen molar-refractivity contribution >= 4 is 10.0 Å². The SMILES string of the molecule is C=CC(=C)C(NS(=O)(=O)c1ccc(C)cc1)c1ccc(OC)cc1. The maximum absolute atomic E-state index is 12.7. The van der Waals surface area contributed by atoms with Gasteiger partial charge in [-0.05, 0) is 42.3 Å². The second-order valence-electron chi connectivity index (χ2n) is 5.42. The highest BCUT2D eigenvalue weighted by atomic mass is 32.2. The molecule has 0 aliphatic carbocycles. The van der Waals surface area contributed by atoms with Gasteiger partial charge in [-0.1, -0.05) is 49.1 Å². The summed E-state index contributed by atoms with van der Waals surface area (Å²) in [5.74, 6) is 0.697. The fraction of sp³-hybridized carbons (Fsp3) is 0.158. The highest BCUT2D eigenvalue weighted by molar-refractivity contribution is 7.89. The molecule has 0 bridgehead atoms. The van der Waals surface area contributed by atoms with E-state index in [0.29, 0.717) is 11.3 Å². The van der Waals surface area contributed by atoms with Crippen molar-refractivity contribution in [1.29, 1.82) is 0 Å². The number of aryl methyl sites for hydroxylation is 1. The molecule has 2 aromatic carbocycles. The molecular weight excluding hydrogens is 322 g/mol. The third-order valence-electron chi connectivity index (χ3n) is 3.69. The van der Waals surface area contributed by atoms with Gasteiger partial charge in [-0.15, -0.1) is 0 Å². The molecule has 0 amide bonds. The van der Waals surface area contributed by atoms with Gasteiger partial charge in [0.1, 0.15) is 5.75 Å². The topological polar surface area (TPSA) is 55.4 Å². The van der Waals surface area contributed by atoms with Crippen LogP contribution < -0.4 is 9.46 Å². The molecule has 1 atom stereocenters. The van der Waals surface area contributed by atoms with E-state index in [2.05, 4.69) is 17.9 Å². The van der Waals surface area contributed by atoms with E-state index in [1.807, 2.05) is 6.92 Å². The van der Waals surface area contributed by atoms with E-state index in [1.54, 1.807) is 61.7 Å². The second-order valence-corrected chi connectivity index (χ2v) is 7.13. The summed E-state index contributed by atoms with van der Waals surface area (Å²) in [5, 5.41) is 0. The van der Waals surface area contributed by atoms with Gasteiger partial charge in [0, 0.05) is 0 Å². The maximum atomic E-state index is 12.7. The Bertz CT molecular complexity index is 822. The zero-order valence-electron chi connectivity index (χ0n) is 13.8. The molecule has 0 radical (unpaired) electrons. The quantitative estimate of drug-likeness (QED) is 0.779. The molecular formula is C19H21NO3S. The normalized spacial score (nSPS) is 12.4. The van der Waals surface area contributed by atoms with E-state index in [4.69, 9.17) is 4.74 Å². The van der Waals surface area contributed by atoms with Crippen molar-refractivity contribution in [3.63, 3.8) is 0 Å². The minimum atomic E-state index is -3.69. The van der Waals surface area contributed by atoms with Crippen LogP contribution in [0.25, 0.3) is 0 Å². The number of hydrogen-bond donors (Lipinski definition) is 1. The lowest BCUT2D eigenvalue weighted by atomic mass is 10.0. The maximum Gasteiger partial charge on any atom is 0.241 e. The van der Waals surface area contributed by atoms with Crippen molar-refractivity contribution in [2.24, 2.45) is 0 Å². The number of rotatable bonds is 7. The van der Waals surface area contributed by atoms with Crippen LogP contribution in [0.15, 0.2) is 78.2 Å². The monoisotopic (exact) mass is 343 g/mol. The summed E-state index contributed by atoms with van der Waals surface area (Å²) in [6.45, 7) is 9.51. The first kappa shape index (κ1) is 18.0. The third kappa shape index (κ3) is 4.13. The number of hydrogen-bond acceptors (Lipinski definition) is 3. The Hall–Kier alpha value is -2.37. The Balaban J connectivity index is 2.36. The molecule has 126 valence electrons. The van der Waals surface area contributed by atoms with Gasteiger partial charge < -0.3 is 4.74 Å². The highest BCUT2D eigenvalue weighted by Crippen LogP contribution is 2.26. The number of ether oxygens (including phenoxy) is 1. The predicted octanol–water partition coefficient (Wildman–Crippen LogP) is 3.77. The number of nitrogens with one attached hydrogen (secondary N) is 1. The van der Waals surface area contributed by atoms with Crippen LogP contribution in [0.2, 0.25) is 0 Å². The summed E-state index contributed by atoms with van der Waals surface area (Å²) in [6.07, 6.45) is 1.55. The zero-order valence-corrected chi connectivity index (χ0v) is 14.6. The lowest BCUT2D eigenvalue weighted by Crippen LogP contribution is -2.29. The lowest BCUT2D eigenvalue weighted by Gasteiger charge is -2.20. The van der Waals surface area contributed by atoms with E-state index < -0.39 is 16.1 Å². The van der Waals surface area contributed by atoms with Crippen LogP contribution in [0.5, 0.6) is 5.75 Å². The van der Waals surface area contributed by atoms with E-state index in [1.165, 1.54) is 0 Å². The molecule has 24 heavy (non-hydrogen) atoms. The fourth-order valence-electron chi connectivity index (χ4n) is 2.21. The van der Waals surface area contributed by atoms with Gasteiger partial charge in [0.05, 0.1) is 18.0 Å². The molecule has 0 saturated carbocycles. The summed E-state index contributed by atoms with van der Waals surface area (Å²) < 4.78 is 33.1. The molecule has 0 fully saturated rings. The van der Waals surface area contributed by atoms with Gasteiger partial charge in [0.15, 0.2) is 0 Å². The number of methoxy groups -OCH3 is 1. The van der Waals surface area contributed by atoms with Crippen molar-refractivity contribution < 1.29 is 13.2 Å². The fourth-order valence-corrected chi connectivity index (χ4v) is 3.44. The first-order valence-electron chi connectivity index (χ1n) is 7.41. The van der Waals surface area contributed by atoms with Crippen molar-refractivity contribution in [2.45, 2.75) is 17.9 Å². The summed E-state index contributed by atoms with van der Waals surface area (Å²) in [5.41, 5.74) is 2.32. The molecule has 0 spiro atoms. The zero-order chi connectivity index (χ0) is 17.7. The Kier molecular flexibility index (Phi) is 5.59. The first-order chi connectivity index (χ1) is 11.4. The van der Waals surface area contributed by atoms with Crippen LogP contribution in [0.1, 0.15) is 17.2 Å². The summed E-state index contributed by atoms with van der Waals surface area (Å²) >= 11 is 0. The van der Waals surface area contributed by atoms with E-state index >= 15 is 0 Å². The van der Waals surface area contributed by atoms with Crippen molar-refractivity contribution in [2.75, 3.05) is 7.11 Å². The molecule has 2 rings (SSSR count). The van der Waals surface area contributed by atoms with Gasteiger partial charge in [0.25, 0.3) is 0 Å². The molecule has 4 nitrogen and oxygen atoms in total. The molecule has 1 N–H and O–H groups in total. The lowest BCUT2D eigenvalue weighted by molar-refractivity contribution is 0.414. The van der Waals surface area contributed by atoms with Crippen LogP contribution >= 0.6 is 0 Å². The van der Waals surface area contributed by atoms with Gasteiger partial charge >= 0.3 is 0 Å². The van der Waals surface area contributed by atoms with E-state index in [-0.39, 0.29) is 4.90 Å². The van der Waals surface area contributed by atoms with Crippen molar-refractivity contribution in [1.82, 2.24) is 4.72 Å². The second kappa shape index (κ2) is 7.47. The molecule has 0 aliphatic heterocycles. The molecule has 0 heterocycles. The van der Waals surface area contributed by atoms with Crippen LogP contribution in [0.3, 0.4) is 0 Å². The predicted molar refractivity (Wildman–Crippen MR) is 96.6 cm³/mol. The molecule has 2 aromatic rings. The van der Waals surface area contributed by atoms with Gasteiger partial charge in [-0.3, -0.25) is 0 Å². The minimum absolute atomic E-state index is 0.212. The molecule has 5 heteroatoms. The third-order valence-corrected chi connectivity index (χ3v) is 5.13. The molecule has 0 aliphatic rings. The van der Waals surface area contributed by atoms with Gasteiger partial charge in [-0.25, -0.2) is 8.42 Å². The largest absolute Gasteiger partial charge is 0.497 e. The average molecular weight is 343 g/mol. The molecule has 1 unspecified atom stereocenters. The van der Waals surface area contributed by atoms with Crippen LogP contribution in [0.4, 0.5) is 0 Å². The van der Waals surface area contributed by atoms with Crippen molar-refractivity contribution in [3.8, 4) is 5.75 Å². The number of benzene rings is 2. The molecule has 0 aromatic heterocycles. The van der Waals surface area contributed by atoms with E-state index in [9.17, 15) is 8.42 Å². The first-order valence-corrected chi connectivity index (χ1v) is 8.90. The highest BCUT2D eigenvalue weighted by Gasteiger charge is 2.22. The van der Waals surface area contributed by atoms with E-state index in [0.717, 1.165) is 11.1 Å². The Morgan fingerprint density at radius 2 is 1.71 bits per heavy atom. The standard InChI is InChI=1S/C19H21NO3S/c1-5-15(3)19(16-8-10-17(23-4)11-9-16)20-24(21,22)18-12-6-14(2)7-13-18/h5-13,19-20H,1,3H2,2,4H3. The van der Waals surface area contributed by atoms with Crippen LogP contribution in [-0.4, -0.2) is 15.5 Å². The van der Waals surface area contributed by atoms with Gasteiger partial charge in [0.2, 0.25) is 10.0 Å². The molecule has 0 saturated heterocycles. The minimum Gasteiger partial charge on any atom is -0.497 e. The van der Waals surface area contributed by atoms with Crippen LogP contribution in [0, 0.1) is 6.92 Å². The Labute approximate surface area is 143 Å². The van der Waals surface area contributed by atoms with Crippen molar-refractivity contribution in [3.05, 3.63) is 84.5 Å². The van der Waals surface area contributed by atoms with Gasteiger partial charge in [-0.2, -0.15) is 4.72 Å². The Morgan fingerprint density at radius 1 is 1.12 bits per heavy atom. The summed E-state index contributed by atoms with van der Waals surface area (Å²) in [6, 6.07) is 13.3. The van der Waals surface area contributed by atoms with Crippen LogP contribution in [-0.2, 0) is 10.0 Å². The summed E-state index contributed by atoms with van der Waals surface area (Å²) in [4.78, 5) is 0.212.